The van der Waals surface area contributed by atoms with Crippen LogP contribution in [0.2, 0.25) is 0 Å². The lowest BCUT2D eigenvalue weighted by Crippen LogP contribution is -2.25. The predicted octanol–water partition coefficient (Wildman–Crippen LogP) is 3.15. The van der Waals surface area contributed by atoms with Gasteiger partial charge in [0.15, 0.2) is 0 Å². The van der Waals surface area contributed by atoms with E-state index < -0.39 is 0 Å². The number of ether oxygens (including phenoxy) is 1. The average Bonchev–Trinajstić information content (AvgIpc) is 2.60. The van der Waals surface area contributed by atoms with Gasteiger partial charge in [0.2, 0.25) is 5.91 Å². The number of carbonyl (C=O) groups excluding carboxylic acids is 1. The summed E-state index contributed by atoms with van der Waals surface area (Å²) in [5.41, 5.74) is 9.01. The van der Waals surface area contributed by atoms with Crippen LogP contribution in [0.3, 0.4) is 0 Å². The lowest BCUT2D eigenvalue weighted by Gasteiger charge is -2.12. The lowest BCUT2D eigenvalue weighted by atomic mass is 10.1. The van der Waals surface area contributed by atoms with Gasteiger partial charge >= 0.3 is 0 Å². The van der Waals surface area contributed by atoms with Crippen molar-refractivity contribution in [1.29, 1.82) is 0 Å². The molecule has 4 heteroatoms. The van der Waals surface area contributed by atoms with Crippen LogP contribution in [-0.2, 0) is 29.3 Å². The number of nitrogens with one attached hydrogen (secondary N) is 1. The van der Waals surface area contributed by atoms with Crippen molar-refractivity contribution in [2.75, 3.05) is 0 Å². The molecule has 3 N–H and O–H groups in total. The van der Waals surface area contributed by atoms with Crippen LogP contribution in [0.4, 0.5) is 0 Å². The first-order chi connectivity index (χ1) is 11.6. The Labute approximate surface area is 144 Å². The van der Waals surface area contributed by atoms with Gasteiger partial charge in [-0.15, -0.1) is 0 Å². The van der Waals surface area contributed by atoms with Crippen molar-refractivity contribution in [2.45, 2.75) is 45.6 Å². The fraction of sp³-hybridized carbons (Fsp3) is 0.350. The van der Waals surface area contributed by atoms with Gasteiger partial charge in [0, 0.05) is 19.0 Å². The topological polar surface area (TPSA) is 64.4 Å². The molecule has 0 bridgehead atoms. The average molecular weight is 326 g/mol. The monoisotopic (exact) mass is 326 g/mol. The maximum Gasteiger partial charge on any atom is 0.220 e. The fourth-order valence-electron chi connectivity index (χ4n) is 2.36. The first kappa shape index (κ1) is 18.2. The molecule has 0 saturated carbocycles. The van der Waals surface area contributed by atoms with E-state index in [4.69, 9.17) is 10.5 Å². The SMILES string of the molecule is CC(N)CCC(=O)NCc1ccccc1COCc1ccccc1. The van der Waals surface area contributed by atoms with Crippen LogP contribution >= 0.6 is 0 Å². The molecule has 2 rings (SSSR count). The molecule has 0 spiro atoms. The highest BCUT2D eigenvalue weighted by molar-refractivity contribution is 5.75. The Balaban J connectivity index is 1.82. The minimum absolute atomic E-state index is 0.0345. The van der Waals surface area contributed by atoms with Crippen molar-refractivity contribution in [3.63, 3.8) is 0 Å². The van der Waals surface area contributed by atoms with Crippen molar-refractivity contribution in [2.24, 2.45) is 5.73 Å². The van der Waals surface area contributed by atoms with Crippen LogP contribution in [0, 0.1) is 0 Å². The van der Waals surface area contributed by atoms with E-state index in [1.165, 1.54) is 0 Å². The molecule has 2 aromatic rings. The number of nitrogens with two attached hydrogens (primary N) is 1. The molecule has 0 aliphatic heterocycles. The van der Waals surface area contributed by atoms with E-state index in [2.05, 4.69) is 5.32 Å². The third kappa shape index (κ3) is 6.52. The highest BCUT2D eigenvalue weighted by Crippen LogP contribution is 2.12. The molecule has 0 aromatic heterocycles. The van der Waals surface area contributed by atoms with Crippen LogP contribution in [0.5, 0.6) is 0 Å². The number of rotatable bonds is 9. The predicted molar refractivity (Wildman–Crippen MR) is 96.1 cm³/mol. The van der Waals surface area contributed by atoms with E-state index in [0.29, 0.717) is 32.6 Å². The van der Waals surface area contributed by atoms with Gasteiger partial charge < -0.3 is 15.8 Å². The Bertz CT molecular complexity index is 627. The maximum absolute atomic E-state index is 11.8. The summed E-state index contributed by atoms with van der Waals surface area (Å²) in [7, 11) is 0. The normalized spacial score (nSPS) is 11.9. The van der Waals surface area contributed by atoms with E-state index >= 15 is 0 Å². The van der Waals surface area contributed by atoms with E-state index in [9.17, 15) is 4.79 Å². The summed E-state index contributed by atoms with van der Waals surface area (Å²) in [4.78, 5) is 11.8. The highest BCUT2D eigenvalue weighted by Gasteiger charge is 2.06. The molecule has 1 amide bonds. The first-order valence-corrected chi connectivity index (χ1v) is 8.36. The van der Waals surface area contributed by atoms with E-state index in [1.807, 2.05) is 61.5 Å². The van der Waals surface area contributed by atoms with Gasteiger partial charge in [-0.1, -0.05) is 54.6 Å². The second kappa shape index (κ2) is 9.85. The maximum atomic E-state index is 11.8. The molecule has 2 aromatic carbocycles. The molecule has 0 fully saturated rings. The van der Waals surface area contributed by atoms with Gasteiger partial charge in [0.25, 0.3) is 0 Å². The Morgan fingerprint density at radius 2 is 1.71 bits per heavy atom. The molecule has 0 aliphatic carbocycles. The standard InChI is InChI=1S/C20H26N2O2/c1-16(21)11-12-20(23)22-13-18-9-5-6-10-19(18)15-24-14-17-7-3-2-4-8-17/h2-10,16H,11-15,21H2,1H3,(H,22,23). The van der Waals surface area contributed by atoms with Gasteiger partial charge in [-0.05, 0) is 30.0 Å². The summed E-state index contributed by atoms with van der Waals surface area (Å²) < 4.78 is 5.80. The molecule has 0 radical (unpaired) electrons. The van der Waals surface area contributed by atoms with Gasteiger partial charge in [0.05, 0.1) is 13.2 Å². The third-order valence-electron chi connectivity index (χ3n) is 3.79. The Kier molecular flexibility index (Phi) is 7.46. The second-order valence-corrected chi connectivity index (χ2v) is 6.04. The van der Waals surface area contributed by atoms with Crippen molar-refractivity contribution >= 4 is 5.91 Å². The van der Waals surface area contributed by atoms with Gasteiger partial charge in [-0.2, -0.15) is 0 Å². The molecule has 128 valence electrons. The molecular formula is C20H26N2O2. The van der Waals surface area contributed by atoms with Crippen molar-refractivity contribution in [1.82, 2.24) is 5.32 Å². The summed E-state index contributed by atoms with van der Waals surface area (Å²) in [5, 5.41) is 2.95. The lowest BCUT2D eigenvalue weighted by molar-refractivity contribution is -0.121. The summed E-state index contributed by atoms with van der Waals surface area (Å²) in [5.74, 6) is 0.0345. The Morgan fingerprint density at radius 1 is 1.04 bits per heavy atom. The molecule has 1 unspecified atom stereocenters. The number of amides is 1. The number of hydrogen-bond donors (Lipinski definition) is 2. The van der Waals surface area contributed by atoms with Crippen molar-refractivity contribution < 1.29 is 9.53 Å². The highest BCUT2D eigenvalue weighted by atomic mass is 16.5. The molecule has 24 heavy (non-hydrogen) atoms. The molecule has 4 nitrogen and oxygen atoms in total. The molecule has 1 atom stereocenters. The number of benzene rings is 2. The minimum atomic E-state index is 0.0345. The summed E-state index contributed by atoms with van der Waals surface area (Å²) in [6, 6.07) is 18.2. The summed E-state index contributed by atoms with van der Waals surface area (Å²) in [6.07, 6.45) is 1.16. The van der Waals surface area contributed by atoms with Crippen LogP contribution in [0.25, 0.3) is 0 Å². The second-order valence-electron chi connectivity index (χ2n) is 6.04. The zero-order valence-corrected chi connectivity index (χ0v) is 14.2. The molecule has 0 saturated heterocycles. The Hall–Kier alpha value is -2.17. The van der Waals surface area contributed by atoms with Crippen molar-refractivity contribution in [3.8, 4) is 0 Å². The third-order valence-corrected chi connectivity index (χ3v) is 3.79. The smallest absolute Gasteiger partial charge is 0.220 e. The molecule has 0 heterocycles. The van der Waals surface area contributed by atoms with Crippen LogP contribution < -0.4 is 11.1 Å². The molecular weight excluding hydrogens is 300 g/mol. The van der Waals surface area contributed by atoms with Crippen LogP contribution in [0.15, 0.2) is 54.6 Å². The van der Waals surface area contributed by atoms with Crippen molar-refractivity contribution in [3.05, 3.63) is 71.3 Å². The van der Waals surface area contributed by atoms with Gasteiger partial charge in [-0.3, -0.25) is 4.79 Å². The Morgan fingerprint density at radius 3 is 2.42 bits per heavy atom. The minimum Gasteiger partial charge on any atom is -0.372 e. The van der Waals surface area contributed by atoms with Gasteiger partial charge in [-0.25, -0.2) is 0 Å². The number of carbonyl (C=O) groups is 1. The molecule has 0 aliphatic rings. The van der Waals surface area contributed by atoms with Crippen LogP contribution in [-0.4, -0.2) is 11.9 Å². The fourth-order valence-corrected chi connectivity index (χ4v) is 2.36. The van der Waals surface area contributed by atoms with E-state index in [-0.39, 0.29) is 11.9 Å². The van der Waals surface area contributed by atoms with Crippen LogP contribution in [0.1, 0.15) is 36.5 Å². The summed E-state index contributed by atoms with van der Waals surface area (Å²) >= 11 is 0. The summed E-state index contributed by atoms with van der Waals surface area (Å²) in [6.45, 7) is 3.53. The van der Waals surface area contributed by atoms with E-state index in [0.717, 1.165) is 16.7 Å². The largest absolute Gasteiger partial charge is 0.372 e. The van der Waals surface area contributed by atoms with Gasteiger partial charge in [0.1, 0.15) is 0 Å². The number of hydrogen-bond acceptors (Lipinski definition) is 3. The zero-order chi connectivity index (χ0) is 17.2. The van der Waals surface area contributed by atoms with E-state index in [1.54, 1.807) is 0 Å². The quantitative estimate of drug-likeness (QED) is 0.744. The first-order valence-electron chi connectivity index (χ1n) is 8.36. The zero-order valence-electron chi connectivity index (χ0n) is 14.2.